The van der Waals surface area contributed by atoms with Crippen LogP contribution in [0, 0.1) is 6.92 Å². The number of rotatable bonds is 17. The SMILES string of the molecule is CCCCCCCOc1cc(-n2nc(C)cc2N)c(OCCCCCCC)cc1NC(=S)Nc1ccccc1. The van der Waals surface area contributed by atoms with Crippen LogP contribution in [-0.4, -0.2) is 28.1 Å². The van der Waals surface area contributed by atoms with E-state index in [1.54, 1.807) is 4.68 Å². The normalized spacial score (nSPS) is 10.8. The standard InChI is InChI=1S/C31H45N5O2S/c1-4-6-8-10-15-19-37-28-23-27(36-30(32)21-24(3)35-36)29(38-20-16-11-9-7-5-2)22-26(28)34-31(39)33-25-17-13-12-14-18-25/h12-14,17-18,21-23H,4-11,15-16,19-20,32H2,1-3H3,(H2,33,34,39). The molecule has 1 heterocycles. The maximum absolute atomic E-state index is 6.33. The molecule has 4 N–H and O–H groups in total. The largest absolute Gasteiger partial charge is 0.491 e. The van der Waals surface area contributed by atoms with Gasteiger partial charge in [-0.1, -0.05) is 83.4 Å². The van der Waals surface area contributed by atoms with Gasteiger partial charge >= 0.3 is 0 Å². The highest BCUT2D eigenvalue weighted by Gasteiger charge is 2.18. The van der Waals surface area contributed by atoms with E-state index < -0.39 is 0 Å². The van der Waals surface area contributed by atoms with Crippen LogP contribution in [0.3, 0.4) is 0 Å². The molecule has 0 amide bonds. The van der Waals surface area contributed by atoms with Crippen molar-refractivity contribution in [2.45, 2.75) is 85.0 Å². The molecule has 0 bridgehead atoms. The van der Waals surface area contributed by atoms with Crippen LogP contribution in [0.1, 0.15) is 83.7 Å². The highest BCUT2D eigenvalue weighted by Crippen LogP contribution is 2.37. The first-order valence-corrected chi connectivity index (χ1v) is 14.8. The second-order valence-corrected chi connectivity index (χ2v) is 10.3. The Morgan fingerprint density at radius 1 is 0.821 bits per heavy atom. The number of thiocarbonyl (C=S) groups is 1. The van der Waals surface area contributed by atoms with E-state index in [9.17, 15) is 0 Å². The van der Waals surface area contributed by atoms with E-state index in [0.717, 1.165) is 48.4 Å². The fraction of sp³-hybridized carbons (Fsp3) is 0.484. The van der Waals surface area contributed by atoms with Gasteiger partial charge in [-0.3, -0.25) is 0 Å². The molecule has 0 radical (unpaired) electrons. The minimum atomic E-state index is 0.474. The Bertz CT molecular complexity index is 1150. The van der Waals surface area contributed by atoms with Crippen LogP contribution in [-0.2, 0) is 0 Å². The first-order chi connectivity index (χ1) is 19.0. The second kappa shape index (κ2) is 16.6. The number of nitrogens with zero attached hydrogens (tertiary/aromatic N) is 2. The topological polar surface area (TPSA) is 86.4 Å². The Balaban J connectivity index is 1.86. The number of unbranched alkanes of at least 4 members (excludes halogenated alkanes) is 8. The predicted molar refractivity (Wildman–Crippen MR) is 168 cm³/mol. The number of nitrogen functional groups attached to an aromatic ring is 1. The van der Waals surface area contributed by atoms with E-state index in [1.807, 2.05) is 55.5 Å². The maximum Gasteiger partial charge on any atom is 0.175 e. The quantitative estimate of drug-likeness (QED) is 0.115. The van der Waals surface area contributed by atoms with Crippen molar-refractivity contribution >= 4 is 34.5 Å². The summed E-state index contributed by atoms with van der Waals surface area (Å²) in [5.74, 6) is 1.91. The fourth-order valence-corrected chi connectivity index (χ4v) is 4.57. The number of aromatic nitrogens is 2. The Morgan fingerprint density at radius 2 is 1.44 bits per heavy atom. The average Bonchev–Trinajstić information content (AvgIpc) is 3.26. The van der Waals surface area contributed by atoms with Gasteiger partial charge < -0.3 is 25.8 Å². The van der Waals surface area contributed by atoms with Crippen molar-refractivity contribution in [3.05, 3.63) is 54.2 Å². The van der Waals surface area contributed by atoms with Crippen LogP contribution in [0.2, 0.25) is 0 Å². The zero-order valence-electron chi connectivity index (χ0n) is 23.8. The maximum atomic E-state index is 6.33. The molecule has 3 aromatic rings. The second-order valence-electron chi connectivity index (χ2n) is 9.91. The Kier molecular flexibility index (Phi) is 12.9. The van der Waals surface area contributed by atoms with Crippen LogP contribution < -0.4 is 25.8 Å². The van der Waals surface area contributed by atoms with Gasteiger partial charge in [-0.25, -0.2) is 4.68 Å². The van der Waals surface area contributed by atoms with Crippen molar-refractivity contribution in [1.29, 1.82) is 0 Å². The van der Waals surface area contributed by atoms with Crippen molar-refractivity contribution in [2.24, 2.45) is 0 Å². The highest BCUT2D eigenvalue weighted by molar-refractivity contribution is 7.80. The zero-order valence-corrected chi connectivity index (χ0v) is 24.6. The molecule has 0 aliphatic carbocycles. The summed E-state index contributed by atoms with van der Waals surface area (Å²) in [7, 11) is 0. The number of anilines is 3. The van der Waals surface area contributed by atoms with Crippen LogP contribution in [0.4, 0.5) is 17.2 Å². The minimum absolute atomic E-state index is 0.474. The minimum Gasteiger partial charge on any atom is -0.491 e. The van der Waals surface area contributed by atoms with Gasteiger partial charge in [-0.05, 0) is 44.1 Å². The Morgan fingerprint density at radius 3 is 2.03 bits per heavy atom. The van der Waals surface area contributed by atoms with Crippen molar-refractivity contribution in [2.75, 3.05) is 29.6 Å². The third-order valence-electron chi connectivity index (χ3n) is 6.44. The molecule has 0 aliphatic heterocycles. The molecule has 0 unspecified atom stereocenters. The Hall–Kier alpha value is -3.26. The molecule has 3 rings (SSSR count). The lowest BCUT2D eigenvalue weighted by molar-refractivity contribution is 0.296. The lowest BCUT2D eigenvalue weighted by Crippen LogP contribution is -2.20. The summed E-state index contributed by atoms with van der Waals surface area (Å²) in [5, 5.41) is 11.7. The van der Waals surface area contributed by atoms with Crippen molar-refractivity contribution in [3.8, 4) is 17.2 Å². The van der Waals surface area contributed by atoms with Crippen molar-refractivity contribution in [1.82, 2.24) is 9.78 Å². The molecule has 8 heteroatoms. The van der Waals surface area contributed by atoms with Crippen LogP contribution in [0.25, 0.3) is 5.69 Å². The summed E-state index contributed by atoms with van der Waals surface area (Å²) in [5.41, 5.74) is 9.58. The molecule has 2 aromatic carbocycles. The molecule has 39 heavy (non-hydrogen) atoms. The number of nitrogens with one attached hydrogen (secondary N) is 2. The van der Waals surface area contributed by atoms with Gasteiger partial charge in [0.1, 0.15) is 23.0 Å². The molecule has 7 nitrogen and oxygen atoms in total. The summed E-state index contributed by atoms with van der Waals surface area (Å²) in [6.07, 6.45) is 11.6. The van der Waals surface area contributed by atoms with Crippen LogP contribution in [0.15, 0.2) is 48.5 Å². The number of aryl methyl sites for hydroxylation is 1. The van der Waals surface area contributed by atoms with Gasteiger partial charge in [0, 0.05) is 23.9 Å². The van der Waals surface area contributed by atoms with Crippen LogP contribution in [0.5, 0.6) is 11.5 Å². The number of benzene rings is 2. The van der Waals surface area contributed by atoms with Crippen molar-refractivity contribution < 1.29 is 9.47 Å². The summed E-state index contributed by atoms with van der Waals surface area (Å²) in [4.78, 5) is 0. The number of para-hydroxylation sites is 1. The molecule has 0 fully saturated rings. The molecule has 0 saturated carbocycles. The number of nitrogens with two attached hydrogens (primary N) is 1. The molecule has 212 valence electrons. The fourth-order valence-electron chi connectivity index (χ4n) is 4.34. The van der Waals surface area contributed by atoms with Gasteiger partial charge in [0.05, 0.1) is 24.6 Å². The van der Waals surface area contributed by atoms with E-state index in [0.29, 0.717) is 35.6 Å². The first-order valence-electron chi connectivity index (χ1n) is 14.4. The molecule has 0 atom stereocenters. The molecule has 1 aromatic heterocycles. The molecular formula is C31H45N5O2S. The van der Waals surface area contributed by atoms with E-state index >= 15 is 0 Å². The lowest BCUT2D eigenvalue weighted by Gasteiger charge is -2.20. The third-order valence-corrected chi connectivity index (χ3v) is 6.64. The summed E-state index contributed by atoms with van der Waals surface area (Å²) in [6.45, 7) is 7.60. The van der Waals surface area contributed by atoms with Gasteiger partial charge in [-0.15, -0.1) is 0 Å². The van der Waals surface area contributed by atoms with E-state index in [2.05, 4.69) is 29.6 Å². The number of ether oxygens (including phenoxy) is 2. The molecular weight excluding hydrogens is 506 g/mol. The van der Waals surface area contributed by atoms with Gasteiger partial charge in [0.15, 0.2) is 5.11 Å². The van der Waals surface area contributed by atoms with Crippen LogP contribution >= 0.6 is 12.2 Å². The Labute approximate surface area is 239 Å². The summed E-state index contributed by atoms with van der Waals surface area (Å²) < 4.78 is 14.4. The first kappa shape index (κ1) is 30.3. The third kappa shape index (κ3) is 10.1. The predicted octanol–water partition coefficient (Wildman–Crippen LogP) is 8.27. The molecule has 0 spiro atoms. The van der Waals surface area contributed by atoms with Gasteiger partial charge in [0.25, 0.3) is 0 Å². The number of hydrogen-bond acceptors (Lipinski definition) is 5. The lowest BCUT2D eigenvalue weighted by atomic mass is 10.1. The van der Waals surface area contributed by atoms with Crippen molar-refractivity contribution in [3.63, 3.8) is 0 Å². The average molecular weight is 552 g/mol. The summed E-state index contributed by atoms with van der Waals surface area (Å²) in [6, 6.07) is 15.6. The molecule has 0 aliphatic rings. The van der Waals surface area contributed by atoms with Gasteiger partial charge in [-0.2, -0.15) is 5.10 Å². The zero-order chi connectivity index (χ0) is 27.9. The van der Waals surface area contributed by atoms with E-state index in [4.69, 9.17) is 27.4 Å². The van der Waals surface area contributed by atoms with Gasteiger partial charge in [0.2, 0.25) is 0 Å². The van der Waals surface area contributed by atoms with E-state index in [1.165, 1.54) is 38.5 Å². The molecule has 0 saturated heterocycles. The van der Waals surface area contributed by atoms with E-state index in [-0.39, 0.29) is 0 Å². The summed E-state index contributed by atoms with van der Waals surface area (Å²) >= 11 is 5.65. The highest BCUT2D eigenvalue weighted by atomic mass is 32.1. The monoisotopic (exact) mass is 551 g/mol. The smallest absolute Gasteiger partial charge is 0.175 e. The number of hydrogen-bond donors (Lipinski definition) is 3.